The number of likely N-dealkylation sites (N-methyl/N-ethyl adjacent to an activating group) is 1. The van der Waals surface area contributed by atoms with Crippen LogP contribution in [-0.4, -0.2) is 50.6 Å². The van der Waals surface area contributed by atoms with Crippen molar-refractivity contribution in [2.24, 2.45) is 0 Å². The van der Waals surface area contributed by atoms with E-state index in [2.05, 4.69) is 10.6 Å². The average Bonchev–Trinajstić information content (AvgIpc) is 2.49. The third-order valence-electron chi connectivity index (χ3n) is 3.54. The highest BCUT2D eigenvalue weighted by atomic mass is 19.1. The first-order chi connectivity index (χ1) is 9.67. The molecule has 0 saturated carbocycles. The van der Waals surface area contributed by atoms with E-state index in [4.69, 9.17) is 4.74 Å². The molecule has 1 aliphatic heterocycles. The molecular weight excluding hydrogens is 261 g/mol. The predicted molar refractivity (Wildman–Crippen MR) is 74.1 cm³/mol. The number of methoxy groups -OCH3 is 1. The number of nitrogens with one attached hydrogen (secondary N) is 2. The first-order valence-corrected chi connectivity index (χ1v) is 6.65. The molecule has 0 bridgehead atoms. The van der Waals surface area contributed by atoms with E-state index >= 15 is 0 Å². The molecule has 1 unspecified atom stereocenters. The number of piperazine rings is 1. The molecule has 1 aromatic carbocycles. The number of halogens is 1. The summed E-state index contributed by atoms with van der Waals surface area (Å²) in [6, 6.07) is 4.79. The zero-order valence-electron chi connectivity index (χ0n) is 11.8. The lowest BCUT2D eigenvalue weighted by atomic mass is 10.1. The summed E-state index contributed by atoms with van der Waals surface area (Å²) in [4.78, 5) is 13.8. The van der Waals surface area contributed by atoms with Gasteiger partial charge < -0.3 is 15.4 Å². The van der Waals surface area contributed by atoms with Gasteiger partial charge in [0.2, 0.25) is 5.91 Å². The number of hydrogen-bond donors (Lipinski definition) is 2. The second kappa shape index (κ2) is 6.67. The van der Waals surface area contributed by atoms with Crippen LogP contribution in [0.3, 0.4) is 0 Å². The number of carbonyl (C=O) groups is 1. The monoisotopic (exact) mass is 281 g/mol. The van der Waals surface area contributed by atoms with Gasteiger partial charge in [-0.3, -0.25) is 9.69 Å². The van der Waals surface area contributed by atoms with Crippen molar-refractivity contribution in [3.05, 3.63) is 29.6 Å². The third-order valence-corrected chi connectivity index (χ3v) is 3.54. The van der Waals surface area contributed by atoms with Gasteiger partial charge in [0, 0.05) is 38.8 Å². The summed E-state index contributed by atoms with van der Waals surface area (Å²) >= 11 is 0. The van der Waals surface area contributed by atoms with Gasteiger partial charge in [0.15, 0.2) is 11.6 Å². The van der Waals surface area contributed by atoms with Crippen LogP contribution in [-0.2, 0) is 11.3 Å². The molecule has 2 rings (SSSR count). The van der Waals surface area contributed by atoms with Gasteiger partial charge in [0.05, 0.1) is 7.11 Å². The normalized spacial score (nSPS) is 19.6. The molecule has 1 aromatic rings. The van der Waals surface area contributed by atoms with Crippen molar-refractivity contribution in [2.75, 3.05) is 33.8 Å². The lowest BCUT2D eigenvalue weighted by Gasteiger charge is -2.35. The van der Waals surface area contributed by atoms with Gasteiger partial charge in [0.25, 0.3) is 0 Å². The standard InChI is InChI=1S/C14H20FN3O2/c1-16-14(19)11-8-17-6-7-18(11)9-10-4-3-5-12(20-2)13(10)15/h3-5,11,17H,6-9H2,1-2H3,(H,16,19). The highest BCUT2D eigenvalue weighted by molar-refractivity contribution is 5.81. The van der Waals surface area contributed by atoms with Crippen LogP contribution in [0, 0.1) is 5.82 Å². The summed E-state index contributed by atoms with van der Waals surface area (Å²) in [5.74, 6) is -0.182. The predicted octanol–water partition coefficient (Wildman–Crippen LogP) is 0.354. The quantitative estimate of drug-likeness (QED) is 0.836. The van der Waals surface area contributed by atoms with Crippen LogP contribution in [0.15, 0.2) is 18.2 Å². The van der Waals surface area contributed by atoms with Crippen molar-refractivity contribution in [1.29, 1.82) is 0 Å². The number of amides is 1. The van der Waals surface area contributed by atoms with Gasteiger partial charge in [-0.1, -0.05) is 12.1 Å². The fraction of sp³-hybridized carbons (Fsp3) is 0.500. The molecule has 20 heavy (non-hydrogen) atoms. The Balaban J connectivity index is 2.16. The maximum absolute atomic E-state index is 14.2. The molecule has 110 valence electrons. The zero-order valence-corrected chi connectivity index (χ0v) is 11.8. The molecule has 1 saturated heterocycles. The van der Waals surface area contributed by atoms with E-state index in [0.29, 0.717) is 25.2 Å². The van der Waals surface area contributed by atoms with Gasteiger partial charge in [-0.05, 0) is 6.07 Å². The molecule has 0 radical (unpaired) electrons. The molecule has 0 aromatic heterocycles. The first-order valence-electron chi connectivity index (χ1n) is 6.65. The van der Waals surface area contributed by atoms with Gasteiger partial charge in [-0.25, -0.2) is 4.39 Å². The summed E-state index contributed by atoms with van der Waals surface area (Å²) in [6.07, 6.45) is 0. The lowest BCUT2D eigenvalue weighted by molar-refractivity contribution is -0.126. The fourth-order valence-electron chi connectivity index (χ4n) is 2.42. The number of benzene rings is 1. The van der Waals surface area contributed by atoms with E-state index in [1.807, 2.05) is 4.90 Å². The highest BCUT2D eigenvalue weighted by Gasteiger charge is 2.28. The Morgan fingerprint density at radius 1 is 1.60 bits per heavy atom. The Hall–Kier alpha value is -1.66. The molecule has 1 heterocycles. The summed E-state index contributed by atoms with van der Waals surface area (Å²) in [6.45, 7) is 2.46. The Bertz CT molecular complexity index is 481. The van der Waals surface area contributed by atoms with Gasteiger partial charge in [0.1, 0.15) is 6.04 Å². The zero-order chi connectivity index (χ0) is 14.5. The smallest absolute Gasteiger partial charge is 0.238 e. The van der Waals surface area contributed by atoms with Crippen LogP contribution in [0.25, 0.3) is 0 Å². The first kappa shape index (κ1) is 14.7. The number of ether oxygens (including phenoxy) is 1. The highest BCUT2D eigenvalue weighted by Crippen LogP contribution is 2.22. The van der Waals surface area contributed by atoms with Crippen molar-refractivity contribution < 1.29 is 13.9 Å². The Labute approximate surface area is 118 Å². The van der Waals surface area contributed by atoms with E-state index in [1.54, 1.807) is 25.2 Å². The summed E-state index contributed by atoms with van der Waals surface area (Å²) < 4.78 is 19.2. The molecule has 0 spiro atoms. The van der Waals surface area contributed by atoms with Crippen LogP contribution >= 0.6 is 0 Å². The molecule has 1 atom stereocenters. The molecule has 1 aliphatic rings. The average molecular weight is 281 g/mol. The molecule has 0 aliphatic carbocycles. The fourth-order valence-corrected chi connectivity index (χ4v) is 2.42. The van der Waals surface area contributed by atoms with Crippen LogP contribution < -0.4 is 15.4 Å². The minimum Gasteiger partial charge on any atom is -0.494 e. The van der Waals surface area contributed by atoms with Crippen molar-refractivity contribution in [1.82, 2.24) is 15.5 Å². The number of nitrogens with zero attached hydrogens (tertiary/aromatic N) is 1. The SMILES string of the molecule is CNC(=O)C1CNCCN1Cc1cccc(OC)c1F. The van der Waals surface area contributed by atoms with Crippen LogP contribution in [0.1, 0.15) is 5.56 Å². The van der Waals surface area contributed by atoms with Crippen molar-refractivity contribution in [3.8, 4) is 5.75 Å². The molecule has 5 nitrogen and oxygen atoms in total. The number of hydrogen-bond acceptors (Lipinski definition) is 4. The molecule has 1 fully saturated rings. The summed E-state index contributed by atoms with van der Waals surface area (Å²) in [5, 5.41) is 5.83. The molecule has 1 amide bonds. The Morgan fingerprint density at radius 3 is 3.10 bits per heavy atom. The van der Waals surface area contributed by atoms with Gasteiger partial charge in [-0.2, -0.15) is 0 Å². The van der Waals surface area contributed by atoms with Gasteiger partial charge >= 0.3 is 0 Å². The van der Waals surface area contributed by atoms with Crippen LogP contribution in [0.2, 0.25) is 0 Å². The van der Waals surface area contributed by atoms with Crippen molar-refractivity contribution >= 4 is 5.91 Å². The van der Waals surface area contributed by atoms with E-state index < -0.39 is 0 Å². The Morgan fingerprint density at radius 2 is 2.40 bits per heavy atom. The second-order valence-corrected chi connectivity index (χ2v) is 4.74. The number of rotatable bonds is 4. The van der Waals surface area contributed by atoms with E-state index in [9.17, 15) is 9.18 Å². The Kier molecular flexibility index (Phi) is 4.92. The topological polar surface area (TPSA) is 53.6 Å². The molecular formula is C14H20FN3O2. The van der Waals surface area contributed by atoms with E-state index in [1.165, 1.54) is 7.11 Å². The van der Waals surface area contributed by atoms with E-state index in [-0.39, 0.29) is 23.5 Å². The van der Waals surface area contributed by atoms with Gasteiger partial charge in [-0.15, -0.1) is 0 Å². The lowest BCUT2D eigenvalue weighted by Crippen LogP contribution is -2.56. The maximum Gasteiger partial charge on any atom is 0.238 e. The van der Waals surface area contributed by atoms with E-state index in [0.717, 1.165) is 6.54 Å². The maximum atomic E-state index is 14.2. The third kappa shape index (κ3) is 3.08. The summed E-state index contributed by atoms with van der Waals surface area (Å²) in [5.41, 5.74) is 0.542. The second-order valence-electron chi connectivity index (χ2n) is 4.74. The molecule has 2 N–H and O–H groups in total. The van der Waals surface area contributed by atoms with Crippen LogP contribution in [0.5, 0.6) is 5.75 Å². The minimum atomic E-state index is -0.357. The number of carbonyl (C=O) groups excluding carboxylic acids is 1. The minimum absolute atomic E-state index is 0.0551. The summed E-state index contributed by atoms with van der Waals surface area (Å²) in [7, 11) is 3.06. The molecule has 6 heteroatoms. The van der Waals surface area contributed by atoms with Crippen molar-refractivity contribution in [2.45, 2.75) is 12.6 Å². The van der Waals surface area contributed by atoms with Crippen molar-refractivity contribution in [3.63, 3.8) is 0 Å². The largest absolute Gasteiger partial charge is 0.494 e. The van der Waals surface area contributed by atoms with Crippen LogP contribution in [0.4, 0.5) is 4.39 Å².